The molecule has 1 aromatic rings. The van der Waals surface area contributed by atoms with Gasteiger partial charge in [-0.3, -0.25) is 4.79 Å². The number of benzene rings is 1. The summed E-state index contributed by atoms with van der Waals surface area (Å²) in [5.74, 6) is -1.56. The van der Waals surface area contributed by atoms with Gasteiger partial charge >= 0.3 is 5.97 Å². The highest BCUT2D eigenvalue weighted by molar-refractivity contribution is 5.78. The molecule has 1 aliphatic heterocycles. The van der Waals surface area contributed by atoms with E-state index >= 15 is 0 Å². The largest absolute Gasteiger partial charge is 0.480 e. The van der Waals surface area contributed by atoms with Crippen LogP contribution in [-0.4, -0.2) is 29.7 Å². The Kier molecular flexibility index (Phi) is 4.29. The van der Waals surface area contributed by atoms with Crippen LogP contribution < -0.4 is 11.1 Å². The predicted molar refractivity (Wildman–Crippen MR) is 70.3 cm³/mol. The Morgan fingerprint density at radius 2 is 2.16 bits per heavy atom. The summed E-state index contributed by atoms with van der Waals surface area (Å²) >= 11 is 0. The van der Waals surface area contributed by atoms with Crippen molar-refractivity contribution in [3.8, 4) is 0 Å². The highest BCUT2D eigenvalue weighted by atomic mass is 19.1. The first kappa shape index (κ1) is 13.7. The van der Waals surface area contributed by atoms with Gasteiger partial charge in [-0.25, -0.2) is 4.39 Å². The fraction of sp³-hybridized carbons (Fsp3) is 0.357. The molecule has 0 aliphatic carbocycles. The molecule has 1 aliphatic rings. The second kappa shape index (κ2) is 5.95. The van der Waals surface area contributed by atoms with E-state index in [4.69, 9.17) is 10.8 Å². The van der Waals surface area contributed by atoms with Crippen molar-refractivity contribution in [2.45, 2.75) is 24.9 Å². The van der Waals surface area contributed by atoms with Gasteiger partial charge in [-0.1, -0.05) is 30.3 Å². The van der Waals surface area contributed by atoms with Gasteiger partial charge in [0.05, 0.1) is 6.04 Å². The van der Waals surface area contributed by atoms with Crippen LogP contribution in [0.25, 0.3) is 0 Å². The highest BCUT2D eigenvalue weighted by Crippen LogP contribution is 2.23. The van der Waals surface area contributed by atoms with Crippen molar-refractivity contribution in [3.05, 3.63) is 47.3 Å². The van der Waals surface area contributed by atoms with Gasteiger partial charge in [0.1, 0.15) is 11.9 Å². The molecule has 2 atom stereocenters. The summed E-state index contributed by atoms with van der Waals surface area (Å²) in [5.41, 5.74) is 7.05. The zero-order valence-corrected chi connectivity index (χ0v) is 10.5. The highest BCUT2D eigenvalue weighted by Gasteiger charge is 2.31. The Morgan fingerprint density at radius 3 is 2.79 bits per heavy atom. The van der Waals surface area contributed by atoms with Gasteiger partial charge in [0.2, 0.25) is 0 Å². The third-order valence-corrected chi connectivity index (χ3v) is 3.27. The topological polar surface area (TPSA) is 75.3 Å². The molecule has 0 saturated carbocycles. The Hall–Kier alpha value is -1.72. The van der Waals surface area contributed by atoms with E-state index in [1.165, 1.54) is 0 Å². The number of rotatable bonds is 4. The van der Waals surface area contributed by atoms with E-state index in [-0.39, 0.29) is 5.57 Å². The van der Waals surface area contributed by atoms with Crippen molar-refractivity contribution >= 4 is 5.97 Å². The zero-order chi connectivity index (χ0) is 13.8. The van der Waals surface area contributed by atoms with Gasteiger partial charge in [-0.15, -0.1) is 0 Å². The average molecular weight is 264 g/mol. The maximum atomic E-state index is 14.2. The number of nitrogens with two attached hydrogens (primary N) is 1. The fourth-order valence-corrected chi connectivity index (χ4v) is 2.31. The molecule has 0 radical (unpaired) electrons. The lowest BCUT2D eigenvalue weighted by atomic mass is 9.99. The van der Waals surface area contributed by atoms with Gasteiger partial charge in [-0.2, -0.15) is 0 Å². The number of carboxylic acids is 1. The first-order valence-electron chi connectivity index (χ1n) is 6.23. The molecule has 4 nitrogen and oxygen atoms in total. The lowest BCUT2D eigenvalue weighted by Crippen LogP contribution is -2.34. The van der Waals surface area contributed by atoms with Crippen molar-refractivity contribution in [2.24, 2.45) is 5.73 Å². The summed E-state index contributed by atoms with van der Waals surface area (Å²) in [4.78, 5) is 11.0. The van der Waals surface area contributed by atoms with Crippen LogP contribution in [0, 0.1) is 0 Å². The number of hydrogen-bond donors (Lipinski definition) is 3. The second-order valence-electron chi connectivity index (χ2n) is 4.64. The summed E-state index contributed by atoms with van der Waals surface area (Å²) in [5, 5.41) is 11.8. The summed E-state index contributed by atoms with van der Waals surface area (Å²) in [6.07, 6.45) is 0.758. The van der Waals surface area contributed by atoms with Crippen LogP contribution in [0.15, 0.2) is 41.7 Å². The van der Waals surface area contributed by atoms with Crippen molar-refractivity contribution in [3.63, 3.8) is 0 Å². The maximum absolute atomic E-state index is 14.2. The molecule has 0 bridgehead atoms. The quantitative estimate of drug-likeness (QED) is 0.764. The lowest BCUT2D eigenvalue weighted by Gasteiger charge is -2.14. The molecule has 0 amide bonds. The first-order chi connectivity index (χ1) is 9.09. The minimum Gasteiger partial charge on any atom is -0.480 e. The standard InChI is InChI=1S/C14H17FN2O2/c15-12(10-6-7-17-13(10)14(18)19)11(16)8-9-4-2-1-3-5-9/h1-5,11,13,17H,6-8,16H2,(H,18,19)/b12-10-. The Balaban J connectivity index is 2.14. The summed E-state index contributed by atoms with van der Waals surface area (Å²) in [6, 6.07) is 7.62. The molecule has 1 aromatic carbocycles. The van der Waals surface area contributed by atoms with Gasteiger partial charge in [0.25, 0.3) is 0 Å². The van der Waals surface area contributed by atoms with E-state index < -0.39 is 23.9 Å². The number of carbonyl (C=O) groups is 1. The van der Waals surface area contributed by atoms with Gasteiger partial charge < -0.3 is 16.2 Å². The average Bonchev–Trinajstić information content (AvgIpc) is 2.88. The first-order valence-corrected chi connectivity index (χ1v) is 6.23. The molecule has 5 heteroatoms. The summed E-state index contributed by atoms with van der Waals surface area (Å²) in [7, 11) is 0. The smallest absolute Gasteiger partial charge is 0.325 e. The predicted octanol–water partition coefficient (Wildman–Crippen LogP) is 1.23. The van der Waals surface area contributed by atoms with E-state index in [9.17, 15) is 9.18 Å². The van der Waals surface area contributed by atoms with Crippen molar-refractivity contribution in [2.75, 3.05) is 6.54 Å². The van der Waals surface area contributed by atoms with Crippen LogP contribution in [0.3, 0.4) is 0 Å². The fourth-order valence-electron chi connectivity index (χ4n) is 2.31. The monoisotopic (exact) mass is 264 g/mol. The van der Waals surface area contributed by atoms with E-state index in [0.717, 1.165) is 5.56 Å². The molecule has 2 rings (SSSR count). The van der Waals surface area contributed by atoms with Crippen LogP contribution in [0.5, 0.6) is 0 Å². The van der Waals surface area contributed by atoms with Crippen LogP contribution in [0.2, 0.25) is 0 Å². The number of aliphatic carboxylic acids is 1. The van der Waals surface area contributed by atoms with Crippen LogP contribution in [0.4, 0.5) is 4.39 Å². The summed E-state index contributed by atoms with van der Waals surface area (Å²) < 4.78 is 14.2. The molecule has 102 valence electrons. The van der Waals surface area contributed by atoms with Crippen molar-refractivity contribution in [1.82, 2.24) is 5.32 Å². The van der Waals surface area contributed by atoms with Gasteiger partial charge in [0.15, 0.2) is 0 Å². The number of nitrogens with one attached hydrogen (secondary N) is 1. The third-order valence-electron chi connectivity index (χ3n) is 3.27. The molecular weight excluding hydrogens is 247 g/mol. The second-order valence-corrected chi connectivity index (χ2v) is 4.64. The molecule has 1 heterocycles. The number of halogens is 1. The molecule has 1 saturated heterocycles. The van der Waals surface area contributed by atoms with E-state index in [0.29, 0.717) is 19.4 Å². The minimum absolute atomic E-state index is 0.274. The van der Waals surface area contributed by atoms with Crippen LogP contribution in [-0.2, 0) is 11.2 Å². The van der Waals surface area contributed by atoms with E-state index in [1.807, 2.05) is 30.3 Å². The molecule has 0 spiro atoms. The summed E-state index contributed by atoms with van der Waals surface area (Å²) in [6.45, 7) is 0.470. The molecule has 0 aromatic heterocycles. The van der Waals surface area contributed by atoms with E-state index in [2.05, 4.69) is 5.32 Å². The minimum atomic E-state index is -1.06. The van der Waals surface area contributed by atoms with Crippen molar-refractivity contribution in [1.29, 1.82) is 0 Å². The molecule has 1 fully saturated rings. The van der Waals surface area contributed by atoms with E-state index in [1.54, 1.807) is 0 Å². The number of carboxylic acid groups (broad SMARTS) is 1. The SMILES string of the molecule is NC(Cc1ccccc1)/C(F)=C1\CCNC1C(=O)O. The van der Waals surface area contributed by atoms with Gasteiger partial charge in [-0.05, 0) is 24.0 Å². The Labute approximate surface area is 111 Å². The Bertz CT molecular complexity index is 487. The maximum Gasteiger partial charge on any atom is 0.325 e. The Morgan fingerprint density at radius 1 is 1.47 bits per heavy atom. The third kappa shape index (κ3) is 3.19. The van der Waals surface area contributed by atoms with Crippen LogP contribution >= 0.6 is 0 Å². The zero-order valence-electron chi connectivity index (χ0n) is 10.5. The molecule has 19 heavy (non-hydrogen) atoms. The molecular formula is C14H17FN2O2. The van der Waals surface area contributed by atoms with Crippen molar-refractivity contribution < 1.29 is 14.3 Å². The molecule has 2 unspecified atom stereocenters. The number of hydrogen-bond acceptors (Lipinski definition) is 3. The van der Waals surface area contributed by atoms with Crippen LogP contribution in [0.1, 0.15) is 12.0 Å². The molecule has 4 N–H and O–H groups in total. The van der Waals surface area contributed by atoms with Gasteiger partial charge in [0, 0.05) is 6.54 Å². The normalized spacial score (nSPS) is 23.2. The lowest BCUT2D eigenvalue weighted by molar-refractivity contribution is -0.138.